The van der Waals surface area contributed by atoms with Gasteiger partial charge in [0.05, 0.1) is 4.91 Å². The quantitative estimate of drug-likeness (QED) is 0.258. The molecule has 2 heterocycles. The molecule has 4 aromatic rings. The molecule has 1 saturated heterocycles. The van der Waals surface area contributed by atoms with Crippen molar-refractivity contribution >= 4 is 63.1 Å². The average molecular weight is 544 g/mol. The molecule has 0 saturated carbocycles. The van der Waals surface area contributed by atoms with Gasteiger partial charge in [0.1, 0.15) is 6.54 Å². The number of imide groups is 1. The summed E-state index contributed by atoms with van der Waals surface area (Å²) < 4.78 is 2.16. The lowest BCUT2D eigenvalue weighted by Crippen LogP contribution is -2.36. The lowest BCUT2D eigenvalue weighted by Gasteiger charge is -2.12. The molecule has 1 N–H and O–H groups in total. The molecule has 38 heavy (non-hydrogen) atoms. The van der Waals surface area contributed by atoms with Crippen molar-refractivity contribution in [1.29, 1.82) is 0 Å². The molecule has 0 radical (unpaired) electrons. The van der Waals surface area contributed by atoms with Crippen molar-refractivity contribution in [2.75, 3.05) is 11.9 Å². The number of carbonyl (C=O) groups is 3. The predicted molar refractivity (Wildman–Crippen MR) is 154 cm³/mol. The standard InChI is InChI=1S/C30H26ClN3O3S/c1-3-20-12-14-22(15-13-20)32-28(35)18-34-29(36)27(38-30(34)37)16-24-19(2)33(26-11-7-5-9-23(24)26)17-21-8-4-6-10-25(21)31/h4-16H,3,17-18H2,1-2H3,(H,32,35)/b27-16-. The van der Waals surface area contributed by atoms with Crippen molar-refractivity contribution in [3.63, 3.8) is 0 Å². The number of anilines is 1. The number of aromatic nitrogens is 1. The summed E-state index contributed by atoms with van der Waals surface area (Å²) in [7, 11) is 0. The Kier molecular flexibility index (Phi) is 7.40. The minimum absolute atomic E-state index is 0.291. The topological polar surface area (TPSA) is 71.4 Å². The normalized spacial score (nSPS) is 14.6. The number of benzene rings is 3. The Bertz CT molecular complexity index is 1590. The van der Waals surface area contributed by atoms with Crippen LogP contribution in [0.15, 0.2) is 77.7 Å². The number of halogens is 1. The Hall–Kier alpha value is -3.81. The molecule has 8 heteroatoms. The fraction of sp³-hybridized carbons (Fsp3) is 0.167. The molecule has 1 fully saturated rings. The number of amides is 3. The summed E-state index contributed by atoms with van der Waals surface area (Å²) in [6.07, 6.45) is 2.66. The summed E-state index contributed by atoms with van der Waals surface area (Å²) >= 11 is 7.28. The summed E-state index contributed by atoms with van der Waals surface area (Å²) in [6.45, 7) is 4.27. The summed E-state index contributed by atoms with van der Waals surface area (Å²) in [5, 5.41) is 3.96. The Morgan fingerprint density at radius 2 is 1.71 bits per heavy atom. The van der Waals surface area contributed by atoms with Crippen LogP contribution in [0.1, 0.15) is 29.3 Å². The van der Waals surface area contributed by atoms with Crippen molar-refractivity contribution in [3.05, 3.63) is 105 Å². The number of aryl methyl sites for hydroxylation is 1. The highest BCUT2D eigenvalue weighted by Gasteiger charge is 2.36. The van der Waals surface area contributed by atoms with E-state index in [-0.39, 0.29) is 6.54 Å². The van der Waals surface area contributed by atoms with Crippen molar-refractivity contribution < 1.29 is 14.4 Å². The van der Waals surface area contributed by atoms with Gasteiger partial charge in [-0.3, -0.25) is 19.3 Å². The minimum Gasteiger partial charge on any atom is -0.340 e. The molecule has 5 rings (SSSR count). The molecule has 1 aliphatic heterocycles. The lowest BCUT2D eigenvalue weighted by atomic mass is 10.1. The number of nitrogens with one attached hydrogen (secondary N) is 1. The molecule has 3 aromatic carbocycles. The number of hydrogen-bond acceptors (Lipinski definition) is 4. The van der Waals surface area contributed by atoms with Gasteiger partial charge < -0.3 is 9.88 Å². The molecule has 6 nitrogen and oxygen atoms in total. The minimum atomic E-state index is -0.473. The number of nitrogens with zero attached hydrogens (tertiary/aromatic N) is 2. The number of thioether (sulfide) groups is 1. The molecule has 1 aromatic heterocycles. The number of rotatable bonds is 7. The van der Waals surface area contributed by atoms with Gasteiger partial charge in [0.15, 0.2) is 0 Å². The van der Waals surface area contributed by atoms with E-state index in [1.165, 1.54) is 0 Å². The summed E-state index contributed by atoms with van der Waals surface area (Å²) in [5.41, 5.74) is 5.58. The molecule has 3 amide bonds. The Labute approximate surface area is 230 Å². The van der Waals surface area contributed by atoms with Gasteiger partial charge in [0.25, 0.3) is 11.1 Å². The maximum absolute atomic E-state index is 13.2. The maximum Gasteiger partial charge on any atom is 0.294 e. The van der Waals surface area contributed by atoms with Crippen LogP contribution >= 0.6 is 23.4 Å². The average Bonchev–Trinajstić information content (AvgIpc) is 3.33. The molecule has 1 aliphatic rings. The van der Waals surface area contributed by atoms with Crippen LogP contribution in [0.3, 0.4) is 0 Å². The second-order valence-corrected chi connectivity index (χ2v) is 10.5. The van der Waals surface area contributed by atoms with Crippen LogP contribution in [0, 0.1) is 6.92 Å². The van der Waals surface area contributed by atoms with E-state index < -0.39 is 17.1 Å². The van der Waals surface area contributed by atoms with Gasteiger partial charge in [-0.1, -0.05) is 67.1 Å². The Morgan fingerprint density at radius 1 is 1.00 bits per heavy atom. The van der Waals surface area contributed by atoms with Crippen molar-refractivity contribution in [2.24, 2.45) is 0 Å². The van der Waals surface area contributed by atoms with Gasteiger partial charge in [-0.25, -0.2) is 0 Å². The zero-order valence-corrected chi connectivity index (χ0v) is 22.6. The van der Waals surface area contributed by atoms with E-state index in [0.29, 0.717) is 22.2 Å². The molecule has 0 aliphatic carbocycles. The van der Waals surface area contributed by atoms with Crippen LogP contribution in [0.25, 0.3) is 17.0 Å². The van der Waals surface area contributed by atoms with Gasteiger partial charge in [-0.15, -0.1) is 0 Å². The van der Waals surface area contributed by atoms with Gasteiger partial charge in [-0.05, 0) is 66.6 Å². The second-order valence-electron chi connectivity index (χ2n) is 9.06. The Morgan fingerprint density at radius 3 is 2.45 bits per heavy atom. The van der Waals surface area contributed by atoms with E-state index >= 15 is 0 Å². The van der Waals surface area contributed by atoms with E-state index in [4.69, 9.17) is 11.6 Å². The number of fused-ring (bicyclic) bond motifs is 1. The smallest absolute Gasteiger partial charge is 0.294 e. The largest absolute Gasteiger partial charge is 0.340 e. The highest BCUT2D eigenvalue weighted by atomic mass is 35.5. The monoisotopic (exact) mass is 543 g/mol. The van der Waals surface area contributed by atoms with E-state index in [1.807, 2.05) is 79.7 Å². The third kappa shape index (κ3) is 5.12. The van der Waals surface area contributed by atoms with Crippen molar-refractivity contribution in [2.45, 2.75) is 26.8 Å². The summed E-state index contributed by atoms with van der Waals surface area (Å²) in [5.74, 6) is -0.899. The van der Waals surface area contributed by atoms with Crippen LogP contribution < -0.4 is 5.32 Å². The Balaban J connectivity index is 1.40. The van der Waals surface area contributed by atoms with Crippen LogP contribution in [0.2, 0.25) is 5.02 Å². The summed E-state index contributed by atoms with van der Waals surface area (Å²) in [4.78, 5) is 39.8. The van der Waals surface area contributed by atoms with E-state index in [1.54, 1.807) is 6.08 Å². The number of carbonyl (C=O) groups excluding carboxylic acids is 3. The maximum atomic E-state index is 13.2. The van der Waals surface area contributed by atoms with E-state index in [0.717, 1.165) is 56.4 Å². The fourth-order valence-corrected chi connectivity index (χ4v) is 5.59. The number of hydrogen-bond donors (Lipinski definition) is 1. The van der Waals surface area contributed by atoms with Crippen LogP contribution in [0.4, 0.5) is 10.5 Å². The van der Waals surface area contributed by atoms with Gasteiger partial charge in [0.2, 0.25) is 5.91 Å². The third-order valence-corrected chi connectivity index (χ3v) is 7.94. The molecule has 0 spiro atoms. The summed E-state index contributed by atoms with van der Waals surface area (Å²) in [6, 6.07) is 23.1. The van der Waals surface area contributed by atoms with Gasteiger partial charge in [0, 0.05) is 39.4 Å². The molecule has 0 bridgehead atoms. The first-order valence-corrected chi connectivity index (χ1v) is 13.5. The molecule has 0 atom stereocenters. The first kappa shape index (κ1) is 25.8. The number of para-hydroxylation sites is 1. The predicted octanol–water partition coefficient (Wildman–Crippen LogP) is 6.89. The second kappa shape index (κ2) is 10.9. The lowest BCUT2D eigenvalue weighted by molar-refractivity contribution is -0.127. The van der Waals surface area contributed by atoms with E-state index in [9.17, 15) is 14.4 Å². The van der Waals surface area contributed by atoms with Crippen LogP contribution in [-0.2, 0) is 22.6 Å². The molecular formula is C30H26ClN3O3S. The SMILES string of the molecule is CCc1ccc(NC(=O)CN2C(=O)S/C(=C\c3c(C)n(Cc4ccccc4Cl)c4ccccc34)C2=O)cc1. The van der Waals surface area contributed by atoms with E-state index in [2.05, 4.69) is 16.8 Å². The van der Waals surface area contributed by atoms with Gasteiger partial charge in [-0.2, -0.15) is 0 Å². The zero-order chi connectivity index (χ0) is 26.8. The molecule has 0 unspecified atom stereocenters. The third-order valence-electron chi connectivity index (χ3n) is 6.66. The molecule has 192 valence electrons. The highest BCUT2D eigenvalue weighted by Crippen LogP contribution is 2.36. The highest BCUT2D eigenvalue weighted by molar-refractivity contribution is 8.18. The first-order valence-electron chi connectivity index (χ1n) is 12.3. The zero-order valence-electron chi connectivity index (χ0n) is 21.0. The van der Waals surface area contributed by atoms with Crippen molar-refractivity contribution in [3.8, 4) is 0 Å². The molecular weight excluding hydrogens is 518 g/mol. The van der Waals surface area contributed by atoms with Crippen LogP contribution in [-0.4, -0.2) is 33.1 Å². The van der Waals surface area contributed by atoms with Crippen molar-refractivity contribution in [1.82, 2.24) is 9.47 Å². The first-order chi connectivity index (χ1) is 18.4. The van der Waals surface area contributed by atoms with Crippen LogP contribution in [0.5, 0.6) is 0 Å². The van der Waals surface area contributed by atoms with Gasteiger partial charge >= 0.3 is 0 Å². The fourth-order valence-electron chi connectivity index (χ4n) is 4.58.